The Morgan fingerprint density at radius 1 is 1.11 bits per heavy atom. The molecule has 194 valence electrons. The van der Waals surface area contributed by atoms with Crippen LogP contribution in [0.25, 0.3) is 22.2 Å². The van der Waals surface area contributed by atoms with Crippen LogP contribution in [0.2, 0.25) is 0 Å². The number of benzene rings is 3. The number of hydrogen-bond acceptors (Lipinski definition) is 6. The van der Waals surface area contributed by atoms with Gasteiger partial charge in [0.2, 0.25) is 5.91 Å². The first-order chi connectivity index (χ1) is 18.3. The van der Waals surface area contributed by atoms with E-state index in [1.165, 1.54) is 17.0 Å². The number of Topliss-reactive ketones (excluding diaryl/α,β-unsaturated/α-hetero) is 1. The molecule has 10 heteroatoms. The van der Waals surface area contributed by atoms with Gasteiger partial charge in [-0.3, -0.25) is 14.5 Å². The maximum atomic E-state index is 15.1. The third kappa shape index (κ3) is 4.97. The fraction of sp³-hybridized carbons (Fsp3) is 0.250. The predicted octanol–water partition coefficient (Wildman–Crippen LogP) is 4.49. The first kappa shape index (κ1) is 25.1. The molecule has 2 heterocycles. The number of fused-ring (bicyclic) bond motifs is 1. The highest BCUT2D eigenvalue weighted by atomic mass is 19.1. The summed E-state index contributed by atoms with van der Waals surface area (Å²) >= 11 is 0. The number of aromatic nitrogens is 3. The second-order valence-electron chi connectivity index (χ2n) is 9.29. The molecule has 2 N–H and O–H groups in total. The molecule has 0 radical (unpaired) electrons. The largest absolute Gasteiger partial charge is 0.442 e. The van der Waals surface area contributed by atoms with Gasteiger partial charge in [0, 0.05) is 29.5 Å². The lowest BCUT2D eigenvalue weighted by Gasteiger charge is -2.18. The second-order valence-corrected chi connectivity index (χ2v) is 9.29. The fourth-order valence-corrected chi connectivity index (χ4v) is 4.70. The quantitative estimate of drug-likeness (QED) is 0.334. The molecule has 0 spiro atoms. The van der Waals surface area contributed by atoms with E-state index in [1.54, 1.807) is 30.3 Å². The van der Waals surface area contributed by atoms with Crippen molar-refractivity contribution in [1.29, 1.82) is 0 Å². The number of nitrogens with one attached hydrogen (secondary N) is 2. The number of rotatable bonds is 8. The van der Waals surface area contributed by atoms with Crippen LogP contribution in [0.5, 0.6) is 0 Å². The van der Waals surface area contributed by atoms with E-state index in [1.807, 2.05) is 26.0 Å². The van der Waals surface area contributed by atoms with Crippen molar-refractivity contribution < 1.29 is 23.5 Å². The molecule has 1 aliphatic heterocycles. The average Bonchev–Trinajstić information content (AvgIpc) is 3.52. The van der Waals surface area contributed by atoms with Gasteiger partial charge >= 0.3 is 6.09 Å². The van der Waals surface area contributed by atoms with Gasteiger partial charge in [-0.1, -0.05) is 42.0 Å². The van der Waals surface area contributed by atoms with Gasteiger partial charge in [0.15, 0.2) is 5.78 Å². The maximum Gasteiger partial charge on any atom is 0.414 e. The summed E-state index contributed by atoms with van der Waals surface area (Å²) in [5.74, 6) is -0.935. The molecular weight excluding hydrogens is 489 g/mol. The molecule has 4 aromatic rings. The number of ketones is 1. The number of para-hydroxylation sites is 1. The molecule has 1 aromatic heterocycles. The number of hydrogen-bond donors (Lipinski definition) is 2. The van der Waals surface area contributed by atoms with Crippen molar-refractivity contribution in [3.63, 3.8) is 0 Å². The number of cyclic esters (lactones) is 1. The molecule has 1 saturated heterocycles. The predicted molar refractivity (Wildman–Crippen MR) is 139 cm³/mol. The molecule has 9 nitrogen and oxygen atoms in total. The number of amides is 2. The van der Waals surface area contributed by atoms with E-state index < -0.39 is 18.0 Å². The zero-order valence-electron chi connectivity index (χ0n) is 21.0. The summed E-state index contributed by atoms with van der Waals surface area (Å²) in [7, 11) is 0. The van der Waals surface area contributed by atoms with Gasteiger partial charge in [0.1, 0.15) is 23.0 Å². The van der Waals surface area contributed by atoms with Gasteiger partial charge in [0.05, 0.1) is 18.8 Å². The van der Waals surface area contributed by atoms with E-state index in [0.717, 1.165) is 11.1 Å². The lowest BCUT2D eigenvalue weighted by atomic mass is 9.99. The average molecular weight is 516 g/mol. The highest BCUT2D eigenvalue weighted by molar-refractivity contribution is 6.01. The van der Waals surface area contributed by atoms with Gasteiger partial charge < -0.3 is 10.1 Å². The van der Waals surface area contributed by atoms with E-state index in [9.17, 15) is 14.4 Å². The number of anilines is 1. The number of ether oxygens (including phenoxy) is 1. The minimum atomic E-state index is -0.645. The zero-order valence-corrected chi connectivity index (χ0v) is 21.0. The fourth-order valence-electron chi connectivity index (χ4n) is 4.70. The Morgan fingerprint density at radius 2 is 1.92 bits per heavy atom. The van der Waals surface area contributed by atoms with Crippen molar-refractivity contribution in [3.8, 4) is 11.1 Å². The number of carbonyl (C=O) groups excluding carboxylic acids is 3. The smallest absolute Gasteiger partial charge is 0.414 e. The third-order valence-electron chi connectivity index (χ3n) is 6.56. The highest BCUT2D eigenvalue weighted by Crippen LogP contribution is 2.38. The molecule has 0 bridgehead atoms. The summed E-state index contributed by atoms with van der Waals surface area (Å²) in [5, 5.41) is 13.5. The lowest BCUT2D eigenvalue weighted by Crippen LogP contribution is -2.34. The Bertz CT molecular complexity index is 1550. The molecular formula is C28H26FN5O4. The number of carbonyl (C=O) groups is 3. The second kappa shape index (κ2) is 10.4. The molecule has 0 saturated carbocycles. The van der Waals surface area contributed by atoms with E-state index in [2.05, 4.69) is 20.7 Å². The minimum absolute atomic E-state index is 0.0201. The van der Waals surface area contributed by atoms with Crippen LogP contribution in [-0.4, -0.2) is 52.4 Å². The molecule has 1 fully saturated rings. The Hall–Kier alpha value is -4.60. The van der Waals surface area contributed by atoms with Crippen molar-refractivity contribution in [2.24, 2.45) is 0 Å². The molecule has 0 unspecified atom stereocenters. The van der Waals surface area contributed by atoms with E-state index >= 15 is 4.39 Å². The van der Waals surface area contributed by atoms with Crippen molar-refractivity contribution >= 4 is 34.5 Å². The number of nitrogens with zero attached hydrogens (tertiary/aromatic N) is 3. The van der Waals surface area contributed by atoms with Gasteiger partial charge in [-0.25, -0.2) is 9.18 Å². The van der Waals surface area contributed by atoms with E-state index in [-0.39, 0.29) is 43.2 Å². The number of aryl methyl sites for hydroxylation is 2. The third-order valence-corrected chi connectivity index (χ3v) is 6.56. The first-order valence-electron chi connectivity index (χ1n) is 12.3. The highest BCUT2D eigenvalue weighted by Gasteiger charge is 2.35. The molecule has 2 amide bonds. The Labute approximate surface area is 218 Å². The van der Waals surface area contributed by atoms with Crippen molar-refractivity contribution in [2.75, 3.05) is 18.0 Å². The van der Waals surface area contributed by atoms with Crippen LogP contribution >= 0.6 is 0 Å². The van der Waals surface area contributed by atoms with Crippen LogP contribution in [0.3, 0.4) is 0 Å². The zero-order chi connectivity index (χ0) is 26.8. The Kier molecular flexibility index (Phi) is 6.87. The van der Waals surface area contributed by atoms with Crippen molar-refractivity contribution in [3.05, 3.63) is 77.1 Å². The summed E-state index contributed by atoms with van der Waals surface area (Å²) in [5.41, 5.74) is 4.63. The minimum Gasteiger partial charge on any atom is -0.442 e. The SMILES string of the molecule is Cc1ccc(C(=O)CCC(=O)NC[C@H]2CN(c3cccc(F)c3-c3cccc4n[nH]nc34)C(=O)O2)c(C)c1. The van der Waals surface area contributed by atoms with Crippen LogP contribution in [0.4, 0.5) is 14.9 Å². The molecule has 3 aromatic carbocycles. The van der Waals surface area contributed by atoms with Crippen LogP contribution in [0.1, 0.15) is 34.3 Å². The monoisotopic (exact) mass is 515 g/mol. The van der Waals surface area contributed by atoms with Crippen molar-refractivity contribution in [2.45, 2.75) is 32.8 Å². The molecule has 1 atom stereocenters. The standard InChI is InChI=1S/C28H26FN5O4/c1-16-9-10-19(17(2)13-16)24(35)11-12-25(36)30-14-18-15-34(28(37)38-18)23-8-4-6-21(29)26(23)20-5-3-7-22-27(20)32-33-31-22/h3-10,13,18H,11-12,14-15H2,1-2H3,(H,30,36)(H,31,32,33)/t18-/m0/s1. The Morgan fingerprint density at radius 3 is 2.74 bits per heavy atom. The van der Waals surface area contributed by atoms with Crippen LogP contribution < -0.4 is 10.2 Å². The first-order valence-corrected chi connectivity index (χ1v) is 12.3. The number of halogens is 1. The normalized spacial score (nSPS) is 15.1. The summed E-state index contributed by atoms with van der Waals surface area (Å²) in [6, 6.07) is 15.3. The van der Waals surface area contributed by atoms with Crippen molar-refractivity contribution in [1.82, 2.24) is 20.7 Å². The molecule has 0 aliphatic carbocycles. The van der Waals surface area contributed by atoms with Crippen LogP contribution in [0, 0.1) is 19.7 Å². The van der Waals surface area contributed by atoms with E-state index in [4.69, 9.17) is 4.74 Å². The van der Waals surface area contributed by atoms with Gasteiger partial charge in [-0.2, -0.15) is 15.4 Å². The van der Waals surface area contributed by atoms with E-state index in [0.29, 0.717) is 27.8 Å². The number of H-pyrrole nitrogens is 1. The summed E-state index contributed by atoms with van der Waals surface area (Å²) in [4.78, 5) is 39.0. The Balaban J connectivity index is 1.23. The molecule has 5 rings (SSSR count). The van der Waals surface area contributed by atoms with Crippen LogP contribution in [0.15, 0.2) is 54.6 Å². The number of aromatic amines is 1. The maximum absolute atomic E-state index is 15.1. The summed E-state index contributed by atoms with van der Waals surface area (Å²) < 4.78 is 20.5. The molecule has 38 heavy (non-hydrogen) atoms. The summed E-state index contributed by atoms with van der Waals surface area (Å²) in [6.07, 6.45) is -1.19. The van der Waals surface area contributed by atoms with Crippen LogP contribution in [-0.2, 0) is 9.53 Å². The van der Waals surface area contributed by atoms with Gasteiger partial charge in [0.25, 0.3) is 0 Å². The van der Waals surface area contributed by atoms with Gasteiger partial charge in [-0.05, 0) is 37.6 Å². The van der Waals surface area contributed by atoms with Gasteiger partial charge in [-0.15, -0.1) is 0 Å². The molecule has 1 aliphatic rings. The lowest BCUT2D eigenvalue weighted by molar-refractivity contribution is -0.121. The summed E-state index contributed by atoms with van der Waals surface area (Å²) in [6.45, 7) is 4.02. The topological polar surface area (TPSA) is 117 Å².